The lowest BCUT2D eigenvalue weighted by atomic mass is 9.80. The molecular weight excluding hydrogens is 600 g/mol. The van der Waals surface area contributed by atoms with Gasteiger partial charge in [-0.05, 0) is 59.1 Å². The molecular formula is C36H44N2O7Si. The number of aromatic nitrogens is 2. The molecule has 1 aliphatic heterocycles. The summed E-state index contributed by atoms with van der Waals surface area (Å²) in [5.74, 6) is 1.47. The van der Waals surface area contributed by atoms with E-state index < -0.39 is 37.5 Å². The van der Waals surface area contributed by atoms with E-state index in [2.05, 4.69) is 51.0 Å². The second-order valence-corrected chi connectivity index (χ2v) is 17.9. The maximum Gasteiger partial charge on any atom is 0.330 e. The van der Waals surface area contributed by atoms with Crippen LogP contribution in [0.15, 0.2) is 101 Å². The number of aromatic amines is 1. The molecule has 9 nitrogen and oxygen atoms in total. The van der Waals surface area contributed by atoms with E-state index in [0.29, 0.717) is 6.42 Å². The summed E-state index contributed by atoms with van der Waals surface area (Å²) in [6.45, 7) is 11.1. The summed E-state index contributed by atoms with van der Waals surface area (Å²) >= 11 is 0. The van der Waals surface area contributed by atoms with Crippen LogP contribution in [-0.2, 0) is 19.5 Å². The van der Waals surface area contributed by atoms with Gasteiger partial charge in [0, 0.05) is 18.7 Å². The van der Waals surface area contributed by atoms with Crippen molar-refractivity contribution in [3.8, 4) is 11.5 Å². The monoisotopic (exact) mass is 644 g/mol. The number of nitrogens with one attached hydrogen (secondary N) is 1. The standard InChI is InChI=1S/C36H44N2O7Si/c1-35(2,3)46(6,7)45-30-23-33(38-22-21-32(39)37-34(38)40)44-31(30)24-43-36(25-11-9-8-10-12-25,26-13-17-28(41-4)18-14-26)27-15-19-29(42-5)20-16-27/h8-22,30-31,33H,23-24H2,1-7H3,(H,37,39,40)/t30-,31?,33+/m0/s1. The Balaban J connectivity index is 1.59. The molecule has 4 aromatic rings. The van der Waals surface area contributed by atoms with Gasteiger partial charge in [0.25, 0.3) is 5.56 Å². The first-order chi connectivity index (χ1) is 21.9. The zero-order valence-electron chi connectivity index (χ0n) is 27.6. The molecule has 5 rings (SSSR count). The van der Waals surface area contributed by atoms with Crippen LogP contribution >= 0.6 is 0 Å². The number of rotatable bonds is 11. The SMILES string of the molecule is COc1ccc(C(OCC2O[C@@H](n3ccc(=O)[nH]c3=O)C[C@@H]2O[Si](C)(C)C(C)(C)C)(c2ccccc2)c2ccc(OC)cc2)cc1. The first-order valence-electron chi connectivity index (χ1n) is 15.5. The average Bonchev–Trinajstić information content (AvgIpc) is 3.43. The Kier molecular flexibility index (Phi) is 9.74. The van der Waals surface area contributed by atoms with E-state index in [1.165, 1.54) is 16.8 Å². The topological polar surface area (TPSA) is 101 Å². The van der Waals surface area contributed by atoms with Crippen molar-refractivity contribution in [1.29, 1.82) is 0 Å². The lowest BCUT2D eigenvalue weighted by Gasteiger charge is -2.40. The summed E-state index contributed by atoms with van der Waals surface area (Å²) in [7, 11) is 1.02. The van der Waals surface area contributed by atoms with Gasteiger partial charge in [-0.15, -0.1) is 0 Å². The number of H-pyrrole nitrogens is 1. The molecule has 1 fully saturated rings. The van der Waals surface area contributed by atoms with Crippen LogP contribution in [0.25, 0.3) is 0 Å². The fourth-order valence-electron chi connectivity index (χ4n) is 5.64. The third kappa shape index (κ3) is 6.76. The van der Waals surface area contributed by atoms with Crippen molar-refractivity contribution in [3.63, 3.8) is 0 Å². The molecule has 0 bridgehead atoms. The molecule has 1 N–H and O–H groups in total. The summed E-state index contributed by atoms with van der Waals surface area (Å²) in [4.78, 5) is 27.0. The smallest absolute Gasteiger partial charge is 0.330 e. The van der Waals surface area contributed by atoms with E-state index >= 15 is 0 Å². The van der Waals surface area contributed by atoms with Crippen LogP contribution in [0.2, 0.25) is 18.1 Å². The number of methoxy groups -OCH3 is 2. The fourth-order valence-corrected chi connectivity index (χ4v) is 6.99. The van der Waals surface area contributed by atoms with Crippen LogP contribution in [0.1, 0.15) is 50.1 Å². The molecule has 0 saturated carbocycles. The van der Waals surface area contributed by atoms with Gasteiger partial charge >= 0.3 is 5.69 Å². The summed E-state index contributed by atoms with van der Waals surface area (Å²) in [5.41, 5.74) is 0.701. The second kappa shape index (κ2) is 13.4. The van der Waals surface area contributed by atoms with Crippen LogP contribution in [0.5, 0.6) is 11.5 Å². The van der Waals surface area contributed by atoms with Gasteiger partial charge in [-0.2, -0.15) is 0 Å². The molecule has 3 atom stereocenters. The molecule has 2 heterocycles. The third-order valence-corrected chi connectivity index (χ3v) is 13.7. The normalized spacial score (nSPS) is 18.8. The Labute approximate surface area is 271 Å². The fraction of sp³-hybridized carbons (Fsp3) is 0.389. The predicted molar refractivity (Wildman–Crippen MR) is 180 cm³/mol. The van der Waals surface area contributed by atoms with Crippen LogP contribution in [-0.4, -0.2) is 50.9 Å². The molecule has 0 radical (unpaired) electrons. The lowest BCUT2D eigenvalue weighted by Crippen LogP contribution is -2.47. The van der Waals surface area contributed by atoms with Crippen molar-refractivity contribution < 1.29 is 23.4 Å². The highest BCUT2D eigenvalue weighted by atomic mass is 28.4. The molecule has 1 aliphatic rings. The minimum Gasteiger partial charge on any atom is -0.497 e. The minimum atomic E-state index is -2.26. The van der Waals surface area contributed by atoms with E-state index in [-0.39, 0.29) is 17.7 Å². The van der Waals surface area contributed by atoms with E-state index in [1.807, 2.05) is 66.7 Å². The largest absolute Gasteiger partial charge is 0.497 e. The Morgan fingerprint density at radius 2 is 1.37 bits per heavy atom. The van der Waals surface area contributed by atoms with Crippen LogP contribution in [0.4, 0.5) is 0 Å². The number of ether oxygens (including phenoxy) is 4. The zero-order valence-corrected chi connectivity index (χ0v) is 28.6. The Morgan fingerprint density at radius 3 is 1.87 bits per heavy atom. The molecule has 1 unspecified atom stereocenters. The summed E-state index contributed by atoms with van der Waals surface area (Å²) in [5, 5.41) is -0.0503. The minimum absolute atomic E-state index is 0.0503. The Morgan fingerprint density at radius 1 is 0.826 bits per heavy atom. The van der Waals surface area contributed by atoms with Gasteiger partial charge in [0.15, 0.2) is 8.32 Å². The number of hydrogen-bond donors (Lipinski definition) is 1. The van der Waals surface area contributed by atoms with Crippen molar-refractivity contribution >= 4 is 8.32 Å². The number of hydrogen-bond acceptors (Lipinski definition) is 7. The van der Waals surface area contributed by atoms with Gasteiger partial charge in [-0.25, -0.2) is 4.79 Å². The summed E-state index contributed by atoms with van der Waals surface area (Å²) in [6, 6.07) is 27.1. The van der Waals surface area contributed by atoms with Crippen molar-refractivity contribution in [2.75, 3.05) is 20.8 Å². The lowest BCUT2D eigenvalue weighted by molar-refractivity contribution is -0.0928. The first kappa shape index (κ1) is 33.4. The second-order valence-electron chi connectivity index (χ2n) is 13.1. The molecule has 1 saturated heterocycles. The Bertz CT molecular complexity index is 1660. The van der Waals surface area contributed by atoms with E-state index in [9.17, 15) is 9.59 Å². The quantitative estimate of drug-likeness (QED) is 0.152. The molecule has 244 valence electrons. The van der Waals surface area contributed by atoms with Crippen molar-refractivity contribution in [1.82, 2.24) is 9.55 Å². The summed E-state index contributed by atoms with van der Waals surface area (Å²) in [6.07, 6.45) is 0.389. The first-order valence-corrected chi connectivity index (χ1v) is 18.4. The maximum atomic E-state index is 12.8. The van der Waals surface area contributed by atoms with Crippen LogP contribution in [0.3, 0.4) is 0 Å². The molecule has 3 aromatic carbocycles. The van der Waals surface area contributed by atoms with Gasteiger partial charge in [-0.1, -0.05) is 75.4 Å². The highest BCUT2D eigenvalue weighted by Gasteiger charge is 2.47. The predicted octanol–water partition coefficient (Wildman–Crippen LogP) is 6.24. The van der Waals surface area contributed by atoms with Crippen molar-refractivity contribution in [2.45, 2.75) is 69.4 Å². The molecule has 0 aliphatic carbocycles. The maximum absolute atomic E-state index is 12.8. The van der Waals surface area contributed by atoms with Gasteiger partial charge in [0.05, 0.1) is 26.9 Å². The average molecular weight is 645 g/mol. The highest BCUT2D eigenvalue weighted by molar-refractivity contribution is 6.74. The molecule has 1 aromatic heterocycles. The van der Waals surface area contributed by atoms with Crippen LogP contribution < -0.4 is 20.7 Å². The van der Waals surface area contributed by atoms with E-state index in [4.69, 9.17) is 23.4 Å². The van der Waals surface area contributed by atoms with E-state index in [1.54, 1.807) is 14.2 Å². The molecule has 0 amide bonds. The number of nitrogens with zero attached hydrogens (tertiary/aromatic N) is 1. The Hall–Kier alpha value is -3.96. The van der Waals surface area contributed by atoms with Gasteiger partial charge in [-0.3, -0.25) is 14.3 Å². The van der Waals surface area contributed by atoms with Crippen molar-refractivity contribution in [2.24, 2.45) is 0 Å². The molecule has 10 heteroatoms. The van der Waals surface area contributed by atoms with Gasteiger partial charge in [0.2, 0.25) is 0 Å². The number of benzene rings is 3. The molecule has 46 heavy (non-hydrogen) atoms. The van der Waals surface area contributed by atoms with Gasteiger partial charge < -0.3 is 23.4 Å². The highest BCUT2D eigenvalue weighted by Crippen LogP contribution is 2.44. The van der Waals surface area contributed by atoms with Crippen LogP contribution in [0, 0.1) is 0 Å². The zero-order chi connectivity index (χ0) is 33.1. The van der Waals surface area contributed by atoms with Gasteiger partial charge in [0.1, 0.15) is 29.4 Å². The molecule has 0 spiro atoms. The third-order valence-electron chi connectivity index (χ3n) is 9.23. The summed E-state index contributed by atoms with van der Waals surface area (Å²) < 4.78 is 33.1. The van der Waals surface area contributed by atoms with Crippen molar-refractivity contribution in [3.05, 3.63) is 129 Å². The van der Waals surface area contributed by atoms with E-state index in [0.717, 1.165) is 28.2 Å².